The van der Waals surface area contributed by atoms with Crippen LogP contribution in [0.5, 0.6) is 0 Å². The summed E-state index contributed by atoms with van der Waals surface area (Å²) >= 11 is 0. The fourth-order valence-electron chi connectivity index (χ4n) is 3.88. The standard InChI is InChI=1S/C20H24F2N4/c1-6-14-7-8-26(10-11(14)2)18-15(9-23)19(20(5,21)22)25-16-12(3)13(4)24-17(16)18/h6,11,14,24H,1,7-8,10H2,2-5H3. The number of nitrogens with zero attached hydrogens (tertiary/aromatic N) is 3. The molecule has 138 valence electrons. The lowest BCUT2D eigenvalue weighted by Gasteiger charge is -2.38. The van der Waals surface area contributed by atoms with Crippen LogP contribution < -0.4 is 4.90 Å². The molecule has 0 aliphatic carbocycles. The summed E-state index contributed by atoms with van der Waals surface area (Å²) in [4.78, 5) is 9.52. The summed E-state index contributed by atoms with van der Waals surface area (Å²) in [7, 11) is 0. The average Bonchev–Trinajstić information content (AvgIpc) is 2.86. The molecule has 1 aliphatic rings. The number of hydrogen-bond donors (Lipinski definition) is 1. The zero-order chi connectivity index (χ0) is 19.2. The number of aromatic nitrogens is 2. The molecule has 0 saturated carbocycles. The van der Waals surface area contributed by atoms with Gasteiger partial charge in [0.15, 0.2) is 0 Å². The van der Waals surface area contributed by atoms with Crippen LogP contribution >= 0.6 is 0 Å². The smallest absolute Gasteiger partial charge is 0.288 e. The second-order valence-corrected chi connectivity index (χ2v) is 7.39. The van der Waals surface area contributed by atoms with Gasteiger partial charge in [0.25, 0.3) is 5.92 Å². The highest BCUT2D eigenvalue weighted by Crippen LogP contribution is 2.40. The Bertz CT molecular complexity index is 901. The Morgan fingerprint density at radius 3 is 2.65 bits per heavy atom. The maximum atomic E-state index is 14.3. The highest BCUT2D eigenvalue weighted by molar-refractivity contribution is 5.95. The van der Waals surface area contributed by atoms with Gasteiger partial charge in [0.2, 0.25) is 0 Å². The van der Waals surface area contributed by atoms with E-state index in [-0.39, 0.29) is 5.56 Å². The van der Waals surface area contributed by atoms with Gasteiger partial charge in [0, 0.05) is 25.7 Å². The van der Waals surface area contributed by atoms with Gasteiger partial charge in [-0.05, 0) is 37.7 Å². The number of nitrogens with one attached hydrogen (secondary N) is 1. The highest BCUT2D eigenvalue weighted by Gasteiger charge is 2.36. The minimum Gasteiger partial charge on any atom is -0.368 e. The third kappa shape index (κ3) is 2.86. The number of aromatic amines is 1. The third-order valence-corrected chi connectivity index (χ3v) is 5.52. The van der Waals surface area contributed by atoms with Gasteiger partial charge < -0.3 is 9.88 Å². The summed E-state index contributed by atoms with van der Waals surface area (Å²) < 4.78 is 28.5. The van der Waals surface area contributed by atoms with Crippen LogP contribution in [0.2, 0.25) is 0 Å². The van der Waals surface area contributed by atoms with Crippen LogP contribution in [0.3, 0.4) is 0 Å². The van der Waals surface area contributed by atoms with Crippen LogP contribution in [0.15, 0.2) is 12.7 Å². The molecule has 3 heterocycles. The average molecular weight is 358 g/mol. The first-order chi connectivity index (χ1) is 12.2. The predicted octanol–water partition coefficient (Wildman–Crippen LogP) is 4.81. The molecular weight excluding hydrogens is 334 g/mol. The molecule has 2 unspecified atom stereocenters. The fraction of sp³-hybridized carbons (Fsp3) is 0.500. The van der Waals surface area contributed by atoms with Gasteiger partial charge in [0.05, 0.1) is 16.7 Å². The monoisotopic (exact) mass is 358 g/mol. The molecule has 1 aliphatic heterocycles. The molecule has 0 amide bonds. The second kappa shape index (κ2) is 6.39. The maximum Gasteiger partial charge on any atom is 0.288 e. The lowest BCUT2D eigenvalue weighted by Crippen LogP contribution is -2.39. The van der Waals surface area contributed by atoms with Crippen molar-refractivity contribution in [3.05, 3.63) is 35.2 Å². The largest absolute Gasteiger partial charge is 0.368 e. The summed E-state index contributed by atoms with van der Waals surface area (Å²) in [6.45, 7) is 12.0. The number of alkyl halides is 2. The molecule has 1 N–H and O–H groups in total. The molecule has 0 radical (unpaired) electrons. The quantitative estimate of drug-likeness (QED) is 0.801. The SMILES string of the molecule is C=CC1CCN(c2c(C#N)c(C(C)(F)F)nc3c(C)c(C)[nH]c23)CC1C. The van der Waals surface area contributed by atoms with Crippen molar-refractivity contribution >= 4 is 16.7 Å². The molecule has 3 rings (SSSR count). The van der Waals surface area contributed by atoms with E-state index in [0.29, 0.717) is 41.6 Å². The number of hydrogen-bond acceptors (Lipinski definition) is 3. The highest BCUT2D eigenvalue weighted by atomic mass is 19.3. The number of aryl methyl sites for hydroxylation is 2. The minimum atomic E-state index is -3.18. The number of fused-ring (bicyclic) bond motifs is 1. The fourth-order valence-corrected chi connectivity index (χ4v) is 3.88. The van der Waals surface area contributed by atoms with Crippen LogP contribution in [0.25, 0.3) is 11.0 Å². The van der Waals surface area contributed by atoms with Crippen molar-refractivity contribution in [2.45, 2.75) is 40.0 Å². The number of piperidine rings is 1. The van der Waals surface area contributed by atoms with Gasteiger partial charge in [-0.2, -0.15) is 14.0 Å². The van der Waals surface area contributed by atoms with E-state index in [9.17, 15) is 14.0 Å². The summed E-state index contributed by atoms with van der Waals surface area (Å²) in [5, 5.41) is 9.71. The van der Waals surface area contributed by atoms with Crippen molar-refractivity contribution in [1.82, 2.24) is 9.97 Å². The zero-order valence-electron chi connectivity index (χ0n) is 15.7. The number of halogens is 2. The zero-order valence-corrected chi connectivity index (χ0v) is 15.7. The molecule has 0 aromatic carbocycles. The Balaban J connectivity index is 2.28. The summed E-state index contributed by atoms with van der Waals surface area (Å²) in [6.07, 6.45) is 2.85. The van der Waals surface area contributed by atoms with Gasteiger partial charge in [-0.15, -0.1) is 6.58 Å². The van der Waals surface area contributed by atoms with Crippen molar-refractivity contribution in [2.24, 2.45) is 11.8 Å². The molecule has 1 saturated heterocycles. The first-order valence-electron chi connectivity index (χ1n) is 8.87. The minimum absolute atomic E-state index is 0.0319. The van der Waals surface area contributed by atoms with Crippen LogP contribution in [0.1, 0.15) is 42.8 Å². The van der Waals surface area contributed by atoms with E-state index < -0.39 is 11.6 Å². The van der Waals surface area contributed by atoms with E-state index >= 15 is 0 Å². The Hall–Kier alpha value is -2.42. The van der Waals surface area contributed by atoms with Crippen LogP contribution in [0, 0.1) is 37.0 Å². The van der Waals surface area contributed by atoms with Gasteiger partial charge in [-0.3, -0.25) is 0 Å². The summed E-state index contributed by atoms with van der Waals surface area (Å²) in [5.74, 6) is -2.46. The Labute approximate surface area is 152 Å². The van der Waals surface area contributed by atoms with E-state index in [4.69, 9.17) is 0 Å². The van der Waals surface area contributed by atoms with E-state index in [1.54, 1.807) is 0 Å². The van der Waals surface area contributed by atoms with Gasteiger partial charge in [-0.25, -0.2) is 4.98 Å². The Kier molecular flexibility index (Phi) is 4.51. The number of pyridine rings is 1. The Morgan fingerprint density at radius 2 is 2.12 bits per heavy atom. The molecule has 4 nitrogen and oxygen atoms in total. The molecule has 1 fully saturated rings. The number of nitriles is 1. The van der Waals surface area contributed by atoms with Crippen LogP contribution in [-0.2, 0) is 5.92 Å². The summed E-state index contributed by atoms with van der Waals surface area (Å²) in [6, 6.07) is 2.00. The van der Waals surface area contributed by atoms with Gasteiger partial charge in [-0.1, -0.05) is 13.0 Å². The van der Waals surface area contributed by atoms with Crippen LogP contribution in [-0.4, -0.2) is 23.1 Å². The number of rotatable bonds is 3. The lowest BCUT2D eigenvalue weighted by atomic mass is 9.86. The van der Waals surface area contributed by atoms with E-state index in [1.807, 2.05) is 26.0 Å². The topological polar surface area (TPSA) is 55.7 Å². The Morgan fingerprint density at radius 1 is 1.42 bits per heavy atom. The first-order valence-corrected chi connectivity index (χ1v) is 8.87. The van der Waals surface area contributed by atoms with E-state index in [1.165, 1.54) is 0 Å². The molecule has 6 heteroatoms. The lowest BCUT2D eigenvalue weighted by molar-refractivity contribution is 0.0128. The molecule has 26 heavy (non-hydrogen) atoms. The van der Waals surface area contributed by atoms with Crippen molar-refractivity contribution in [2.75, 3.05) is 18.0 Å². The van der Waals surface area contributed by atoms with Crippen molar-refractivity contribution in [3.63, 3.8) is 0 Å². The maximum absolute atomic E-state index is 14.3. The summed E-state index contributed by atoms with van der Waals surface area (Å²) in [5.41, 5.74) is 2.99. The number of anilines is 1. The molecule has 2 atom stereocenters. The van der Waals surface area contributed by atoms with Crippen molar-refractivity contribution < 1.29 is 8.78 Å². The number of H-pyrrole nitrogens is 1. The van der Waals surface area contributed by atoms with E-state index in [2.05, 4.69) is 28.4 Å². The third-order valence-electron chi connectivity index (χ3n) is 5.52. The van der Waals surface area contributed by atoms with Crippen molar-refractivity contribution in [1.29, 1.82) is 5.26 Å². The molecule has 0 spiro atoms. The molecule has 0 bridgehead atoms. The predicted molar refractivity (Wildman–Crippen MR) is 99.5 cm³/mol. The van der Waals surface area contributed by atoms with Crippen molar-refractivity contribution in [3.8, 4) is 6.07 Å². The molecule has 2 aromatic heterocycles. The molecular formula is C20H24F2N4. The van der Waals surface area contributed by atoms with Gasteiger partial charge >= 0.3 is 0 Å². The molecule has 2 aromatic rings. The normalized spacial score (nSPS) is 21.0. The van der Waals surface area contributed by atoms with E-state index in [0.717, 1.165) is 24.6 Å². The number of allylic oxidation sites excluding steroid dienone is 1. The second-order valence-electron chi connectivity index (χ2n) is 7.39. The van der Waals surface area contributed by atoms with Gasteiger partial charge in [0.1, 0.15) is 17.3 Å². The first kappa shape index (κ1) is 18.4. The van der Waals surface area contributed by atoms with Crippen LogP contribution in [0.4, 0.5) is 14.5 Å².